The maximum atomic E-state index is 11.9. The molecule has 0 bridgehead atoms. The van der Waals surface area contributed by atoms with Crippen LogP contribution in [-0.4, -0.2) is 30.3 Å². The highest BCUT2D eigenvalue weighted by atomic mass is 16.1. The Hall–Kier alpha value is -2.63. The van der Waals surface area contributed by atoms with E-state index in [0.717, 1.165) is 24.1 Å². The number of aryl methyl sites for hydroxylation is 1. The molecule has 0 saturated carbocycles. The van der Waals surface area contributed by atoms with E-state index in [1.54, 1.807) is 23.1 Å². The average molecular weight is 265 g/mol. The summed E-state index contributed by atoms with van der Waals surface area (Å²) in [4.78, 5) is 24.5. The molecule has 6 nitrogen and oxygen atoms in total. The highest BCUT2D eigenvalue weighted by molar-refractivity contribution is 5.97. The van der Waals surface area contributed by atoms with Crippen LogP contribution < -0.4 is 0 Å². The minimum Gasteiger partial charge on any atom is -0.294 e. The number of hydrogen-bond acceptors (Lipinski definition) is 5. The average Bonchev–Trinajstić information content (AvgIpc) is 2.93. The van der Waals surface area contributed by atoms with Crippen LogP contribution in [-0.2, 0) is 6.42 Å². The lowest BCUT2D eigenvalue weighted by atomic mass is 9.96. The summed E-state index contributed by atoms with van der Waals surface area (Å²) in [5.41, 5.74) is 2.48. The Morgan fingerprint density at radius 3 is 2.85 bits per heavy atom. The second kappa shape index (κ2) is 4.19. The lowest BCUT2D eigenvalue weighted by Crippen LogP contribution is -2.16. The molecule has 0 amide bonds. The number of rotatable bonds is 1. The quantitative estimate of drug-likeness (QED) is 0.669. The molecular formula is C14H11N5O. The van der Waals surface area contributed by atoms with Gasteiger partial charge in [-0.15, -0.1) is 5.10 Å². The zero-order valence-corrected chi connectivity index (χ0v) is 10.7. The maximum Gasteiger partial charge on any atom is 0.252 e. The minimum absolute atomic E-state index is 0.140. The highest BCUT2D eigenvalue weighted by Crippen LogP contribution is 2.22. The Labute approximate surface area is 114 Å². The van der Waals surface area contributed by atoms with Crippen LogP contribution in [0.3, 0.4) is 0 Å². The molecule has 0 fully saturated rings. The number of carbonyl (C=O) groups excluding carboxylic acids is 1. The molecule has 1 aliphatic rings. The molecule has 0 spiro atoms. The van der Waals surface area contributed by atoms with Gasteiger partial charge in [0.25, 0.3) is 5.78 Å². The van der Waals surface area contributed by atoms with Crippen molar-refractivity contribution in [2.45, 2.75) is 19.3 Å². The van der Waals surface area contributed by atoms with Crippen molar-refractivity contribution < 1.29 is 4.79 Å². The van der Waals surface area contributed by atoms with E-state index in [2.05, 4.69) is 20.1 Å². The Bertz CT molecular complexity index is 809. The van der Waals surface area contributed by atoms with Crippen LogP contribution in [0.15, 0.2) is 30.7 Å². The van der Waals surface area contributed by atoms with Crippen LogP contribution >= 0.6 is 0 Å². The molecule has 0 saturated heterocycles. The predicted octanol–water partition coefficient (Wildman–Crippen LogP) is 1.71. The van der Waals surface area contributed by atoms with Crippen LogP contribution in [0.1, 0.15) is 28.9 Å². The van der Waals surface area contributed by atoms with Crippen molar-refractivity contribution in [1.82, 2.24) is 24.6 Å². The van der Waals surface area contributed by atoms with Gasteiger partial charge in [-0.05, 0) is 25.0 Å². The molecule has 0 radical (unpaired) electrons. The standard InChI is InChI=1S/C14H11N5O/c20-12-3-1-2-11-10(12)8-16-14-17-13(18-19(11)14)9-4-6-15-7-5-9/h4-8H,1-3H2. The first-order valence-corrected chi connectivity index (χ1v) is 6.51. The number of Topliss-reactive ketones (excluding diaryl/α,β-unsaturated/α-hetero) is 1. The van der Waals surface area contributed by atoms with Gasteiger partial charge in [-0.25, -0.2) is 9.50 Å². The predicted molar refractivity (Wildman–Crippen MR) is 71.3 cm³/mol. The number of aromatic nitrogens is 5. The second-order valence-electron chi connectivity index (χ2n) is 4.78. The van der Waals surface area contributed by atoms with Crippen LogP contribution in [0, 0.1) is 0 Å². The second-order valence-corrected chi connectivity index (χ2v) is 4.78. The van der Waals surface area contributed by atoms with Gasteiger partial charge in [0.05, 0.1) is 11.3 Å². The van der Waals surface area contributed by atoms with Gasteiger partial charge in [-0.2, -0.15) is 4.98 Å². The number of hydrogen-bond donors (Lipinski definition) is 0. The Morgan fingerprint density at radius 1 is 1.15 bits per heavy atom. The highest BCUT2D eigenvalue weighted by Gasteiger charge is 2.22. The van der Waals surface area contributed by atoms with Gasteiger partial charge in [0.1, 0.15) is 0 Å². The molecule has 0 aromatic carbocycles. The monoisotopic (exact) mass is 265 g/mol. The number of ketones is 1. The maximum absolute atomic E-state index is 11.9. The van der Waals surface area contributed by atoms with Crippen molar-refractivity contribution in [3.8, 4) is 11.4 Å². The van der Waals surface area contributed by atoms with Crippen LogP contribution in [0.2, 0.25) is 0 Å². The van der Waals surface area contributed by atoms with Gasteiger partial charge in [0.15, 0.2) is 11.6 Å². The van der Waals surface area contributed by atoms with Gasteiger partial charge in [-0.3, -0.25) is 9.78 Å². The number of fused-ring (bicyclic) bond motifs is 3. The van der Waals surface area contributed by atoms with Gasteiger partial charge in [0, 0.05) is 30.6 Å². The summed E-state index contributed by atoms with van der Waals surface area (Å²) in [6.45, 7) is 0. The summed E-state index contributed by atoms with van der Waals surface area (Å²) >= 11 is 0. The third-order valence-corrected chi connectivity index (χ3v) is 3.52. The third kappa shape index (κ3) is 1.61. The Kier molecular flexibility index (Phi) is 2.35. The van der Waals surface area contributed by atoms with Crippen molar-refractivity contribution in [3.05, 3.63) is 42.0 Å². The Morgan fingerprint density at radius 2 is 2.00 bits per heavy atom. The fraction of sp³-hybridized carbons (Fsp3) is 0.214. The molecule has 6 heteroatoms. The van der Waals surface area contributed by atoms with E-state index >= 15 is 0 Å². The molecule has 0 aliphatic heterocycles. The zero-order chi connectivity index (χ0) is 13.5. The summed E-state index contributed by atoms with van der Waals surface area (Å²) in [5.74, 6) is 1.28. The molecule has 0 atom stereocenters. The van der Waals surface area contributed by atoms with Gasteiger partial charge in [0.2, 0.25) is 0 Å². The summed E-state index contributed by atoms with van der Waals surface area (Å²) in [6.07, 6.45) is 7.30. The van der Waals surface area contributed by atoms with Crippen LogP contribution in [0.4, 0.5) is 0 Å². The molecule has 0 unspecified atom stereocenters. The van der Waals surface area contributed by atoms with E-state index in [0.29, 0.717) is 23.6 Å². The summed E-state index contributed by atoms with van der Waals surface area (Å²) in [5, 5.41) is 4.49. The third-order valence-electron chi connectivity index (χ3n) is 3.52. The molecule has 20 heavy (non-hydrogen) atoms. The van der Waals surface area contributed by atoms with E-state index in [-0.39, 0.29) is 5.78 Å². The lowest BCUT2D eigenvalue weighted by molar-refractivity contribution is 0.0970. The fourth-order valence-corrected chi connectivity index (χ4v) is 2.53. The zero-order valence-electron chi connectivity index (χ0n) is 10.7. The molecule has 4 rings (SSSR count). The molecule has 98 valence electrons. The first kappa shape index (κ1) is 11.2. The minimum atomic E-state index is 0.140. The molecule has 0 N–H and O–H groups in total. The van der Waals surface area contributed by atoms with Gasteiger partial charge in [-0.1, -0.05) is 0 Å². The fourth-order valence-electron chi connectivity index (χ4n) is 2.53. The van der Waals surface area contributed by atoms with Crippen molar-refractivity contribution in [2.24, 2.45) is 0 Å². The normalized spacial score (nSPS) is 14.5. The topological polar surface area (TPSA) is 73.0 Å². The summed E-state index contributed by atoms with van der Waals surface area (Å²) in [6, 6.07) is 3.71. The summed E-state index contributed by atoms with van der Waals surface area (Å²) in [7, 11) is 0. The van der Waals surface area contributed by atoms with Gasteiger partial charge >= 0.3 is 0 Å². The number of carbonyl (C=O) groups is 1. The van der Waals surface area contributed by atoms with Crippen molar-refractivity contribution >= 4 is 11.6 Å². The number of nitrogens with zero attached hydrogens (tertiary/aromatic N) is 5. The van der Waals surface area contributed by atoms with E-state index in [1.807, 2.05) is 12.1 Å². The van der Waals surface area contributed by atoms with Crippen LogP contribution in [0.25, 0.3) is 17.2 Å². The number of pyridine rings is 1. The first-order chi connectivity index (χ1) is 9.83. The Balaban J connectivity index is 1.94. The SMILES string of the molecule is O=C1CCCc2c1cnc1nc(-c3ccncc3)nn21. The van der Waals surface area contributed by atoms with E-state index < -0.39 is 0 Å². The van der Waals surface area contributed by atoms with Gasteiger partial charge < -0.3 is 0 Å². The lowest BCUT2D eigenvalue weighted by Gasteiger charge is -2.13. The summed E-state index contributed by atoms with van der Waals surface area (Å²) < 4.78 is 1.70. The largest absolute Gasteiger partial charge is 0.294 e. The molecule has 3 aromatic heterocycles. The van der Waals surface area contributed by atoms with Crippen molar-refractivity contribution in [3.63, 3.8) is 0 Å². The van der Waals surface area contributed by atoms with Crippen molar-refractivity contribution in [1.29, 1.82) is 0 Å². The van der Waals surface area contributed by atoms with Crippen LogP contribution in [0.5, 0.6) is 0 Å². The van der Waals surface area contributed by atoms with E-state index in [4.69, 9.17) is 0 Å². The van der Waals surface area contributed by atoms with Crippen molar-refractivity contribution in [2.75, 3.05) is 0 Å². The molecule has 3 aromatic rings. The van der Waals surface area contributed by atoms with E-state index in [9.17, 15) is 4.79 Å². The first-order valence-electron chi connectivity index (χ1n) is 6.51. The molecule has 1 aliphatic carbocycles. The smallest absolute Gasteiger partial charge is 0.252 e. The molecule has 3 heterocycles. The molecular weight excluding hydrogens is 254 g/mol. The van der Waals surface area contributed by atoms with E-state index in [1.165, 1.54) is 0 Å².